The van der Waals surface area contributed by atoms with Crippen molar-refractivity contribution in [2.45, 2.75) is 10.3 Å². The van der Waals surface area contributed by atoms with Crippen LogP contribution < -0.4 is 20.7 Å². The molecule has 38 heavy (non-hydrogen) atoms. The van der Waals surface area contributed by atoms with Crippen LogP contribution in [0.15, 0.2) is 54.6 Å². The molecule has 3 amide bonds. The van der Waals surface area contributed by atoms with Gasteiger partial charge in [0.05, 0.1) is 29.3 Å². The highest BCUT2D eigenvalue weighted by Gasteiger charge is 2.67. The molecule has 0 aromatic heterocycles. The molecule has 4 N–H and O–H groups in total. The van der Waals surface area contributed by atoms with Gasteiger partial charge in [-0.15, -0.1) is 23.2 Å². The summed E-state index contributed by atoms with van der Waals surface area (Å²) in [6.45, 7) is 0. The average Bonchev–Trinajstić information content (AvgIpc) is 3.41. The highest BCUT2D eigenvalue weighted by Crippen LogP contribution is 2.65. The van der Waals surface area contributed by atoms with Crippen LogP contribution in [0.3, 0.4) is 0 Å². The molecule has 8 nitrogen and oxygen atoms in total. The first-order valence-corrected chi connectivity index (χ1v) is 12.7. The van der Waals surface area contributed by atoms with Gasteiger partial charge in [0, 0.05) is 27.3 Å². The number of anilines is 3. The molecule has 0 saturated heterocycles. The fraction of sp³-hybridized carbons (Fsp3) is 0.160. The Balaban J connectivity index is 1.50. The summed E-state index contributed by atoms with van der Waals surface area (Å²) in [6.07, 6.45) is -1.30. The van der Waals surface area contributed by atoms with E-state index < -0.39 is 34.1 Å². The van der Waals surface area contributed by atoms with Crippen molar-refractivity contribution in [3.63, 3.8) is 0 Å². The number of carboxylic acid groups (broad SMARTS) is 1. The van der Waals surface area contributed by atoms with Crippen molar-refractivity contribution >= 4 is 93.0 Å². The predicted molar refractivity (Wildman–Crippen MR) is 150 cm³/mol. The van der Waals surface area contributed by atoms with E-state index in [2.05, 4.69) is 16.0 Å². The molecule has 1 saturated carbocycles. The number of amides is 3. The van der Waals surface area contributed by atoms with Gasteiger partial charge in [0.25, 0.3) is 5.91 Å². The lowest BCUT2D eigenvalue weighted by atomic mass is 10.1. The van der Waals surface area contributed by atoms with Gasteiger partial charge >= 0.3 is 6.09 Å². The maximum absolute atomic E-state index is 13.0. The van der Waals surface area contributed by atoms with E-state index in [0.29, 0.717) is 15.6 Å². The third-order valence-corrected chi connectivity index (χ3v) is 7.46. The van der Waals surface area contributed by atoms with Crippen LogP contribution in [0.5, 0.6) is 5.75 Å². The molecule has 3 aromatic carbocycles. The van der Waals surface area contributed by atoms with Gasteiger partial charge in [0.2, 0.25) is 5.91 Å². The quantitative estimate of drug-likeness (QED) is 0.205. The maximum atomic E-state index is 13.0. The molecule has 1 fully saturated rings. The third kappa shape index (κ3) is 6.06. The predicted octanol–water partition coefficient (Wildman–Crippen LogP) is 7.52. The molecule has 1 aliphatic carbocycles. The van der Waals surface area contributed by atoms with Crippen LogP contribution in [0, 0.1) is 5.92 Å². The third-order valence-electron chi connectivity index (χ3n) is 5.76. The van der Waals surface area contributed by atoms with E-state index in [4.69, 9.17) is 67.8 Å². The van der Waals surface area contributed by atoms with Crippen molar-refractivity contribution in [1.29, 1.82) is 0 Å². The number of carbonyl (C=O) groups is 3. The number of benzene rings is 3. The van der Waals surface area contributed by atoms with Gasteiger partial charge in [-0.25, -0.2) is 4.79 Å². The van der Waals surface area contributed by atoms with Crippen LogP contribution >= 0.6 is 58.0 Å². The lowest BCUT2D eigenvalue weighted by molar-refractivity contribution is -0.117. The summed E-state index contributed by atoms with van der Waals surface area (Å²) in [5, 5.41) is 17.5. The SMILES string of the molecule is COc1ccc(NC(=O)c2cc(NC(=O)C3C(c4cc(Cl)cc(Cl)c4)C3(Cl)Cl)ccc2Cl)cc1NC(=O)O. The summed E-state index contributed by atoms with van der Waals surface area (Å²) in [7, 11) is 1.38. The molecule has 2 unspecified atom stereocenters. The summed E-state index contributed by atoms with van der Waals surface area (Å²) >= 11 is 31.2. The van der Waals surface area contributed by atoms with Crippen LogP contribution in [-0.4, -0.2) is 34.5 Å². The fourth-order valence-electron chi connectivity index (χ4n) is 4.02. The number of nitrogens with one attached hydrogen (secondary N) is 3. The molecule has 0 heterocycles. The Morgan fingerprint density at radius 2 is 1.50 bits per heavy atom. The zero-order valence-corrected chi connectivity index (χ0v) is 23.1. The Labute approximate surface area is 242 Å². The highest BCUT2D eigenvalue weighted by molar-refractivity contribution is 6.53. The number of rotatable bonds is 7. The minimum absolute atomic E-state index is 0.0602. The summed E-state index contributed by atoms with van der Waals surface area (Å²) < 4.78 is 3.74. The standard InChI is InChI=1S/C25H18Cl5N3O5/c1-38-19-5-3-15(10-18(19)33-24(36)37)31-22(34)16-9-14(2-4-17(16)28)32-23(35)21-20(25(21,29)30)11-6-12(26)8-13(27)7-11/h2-10,20-21,33H,1H3,(H,31,34)(H,32,35)(H,36,37). The molecule has 13 heteroatoms. The summed E-state index contributed by atoms with van der Waals surface area (Å²) in [5.41, 5.74) is 1.38. The zero-order chi connectivity index (χ0) is 27.8. The minimum atomic E-state index is -1.37. The number of carbonyl (C=O) groups excluding carboxylic acids is 2. The smallest absolute Gasteiger partial charge is 0.409 e. The first kappa shape index (κ1) is 28.1. The average molecular weight is 618 g/mol. The fourth-order valence-corrected chi connectivity index (χ4v) is 5.59. The number of hydrogen-bond acceptors (Lipinski definition) is 4. The Morgan fingerprint density at radius 1 is 0.868 bits per heavy atom. The number of methoxy groups -OCH3 is 1. The van der Waals surface area contributed by atoms with Crippen molar-refractivity contribution in [1.82, 2.24) is 0 Å². The van der Waals surface area contributed by atoms with Gasteiger partial charge < -0.3 is 20.5 Å². The second-order valence-corrected chi connectivity index (χ2v) is 11.0. The van der Waals surface area contributed by atoms with E-state index in [-0.39, 0.29) is 33.4 Å². The minimum Gasteiger partial charge on any atom is -0.495 e. The van der Waals surface area contributed by atoms with Crippen molar-refractivity contribution in [2.24, 2.45) is 5.92 Å². The molecule has 0 spiro atoms. The van der Waals surface area contributed by atoms with Crippen LogP contribution in [-0.2, 0) is 4.79 Å². The van der Waals surface area contributed by atoms with Gasteiger partial charge in [-0.1, -0.05) is 34.8 Å². The van der Waals surface area contributed by atoms with E-state index in [1.54, 1.807) is 18.2 Å². The van der Waals surface area contributed by atoms with Crippen LogP contribution in [0.4, 0.5) is 21.9 Å². The molecular formula is C25H18Cl5N3O5. The molecule has 0 aliphatic heterocycles. The summed E-state index contributed by atoms with van der Waals surface area (Å²) in [4.78, 5) is 37.1. The van der Waals surface area contributed by atoms with E-state index in [0.717, 1.165) is 0 Å². The normalized spacial score (nSPS) is 17.3. The molecular weight excluding hydrogens is 600 g/mol. The van der Waals surface area contributed by atoms with Crippen molar-refractivity contribution < 1.29 is 24.2 Å². The second kappa shape index (κ2) is 11.1. The Bertz CT molecular complexity index is 1430. The van der Waals surface area contributed by atoms with Gasteiger partial charge in [0.1, 0.15) is 10.1 Å². The topological polar surface area (TPSA) is 117 Å². The lowest BCUT2D eigenvalue weighted by Crippen LogP contribution is -2.18. The van der Waals surface area contributed by atoms with Crippen molar-refractivity contribution in [2.75, 3.05) is 23.1 Å². The Hall–Kier alpha value is -2.88. The van der Waals surface area contributed by atoms with E-state index in [1.807, 2.05) is 0 Å². The second-order valence-electron chi connectivity index (χ2n) is 8.32. The molecule has 4 rings (SSSR count). The van der Waals surface area contributed by atoms with Gasteiger partial charge in [-0.3, -0.25) is 14.9 Å². The Kier molecular flexibility index (Phi) is 8.20. The van der Waals surface area contributed by atoms with E-state index in [9.17, 15) is 14.4 Å². The van der Waals surface area contributed by atoms with E-state index >= 15 is 0 Å². The summed E-state index contributed by atoms with van der Waals surface area (Å²) in [5.74, 6) is -2.14. The van der Waals surface area contributed by atoms with Crippen molar-refractivity contribution in [3.05, 3.63) is 80.8 Å². The molecule has 0 bridgehead atoms. The number of hydrogen-bond donors (Lipinski definition) is 4. The molecule has 3 aromatic rings. The first-order valence-electron chi connectivity index (χ1n) is 10.8. The molecule has 1 aliphatic rings. The summed E-state index contributed by atoms with van der Waals surface area (Å²) in [6, 6.07) is 13.6. The lowest BCUT2D eigenvalue weighted by Gasteiger charge is -2.13. The zero-order valence-electron chi connectivity index (χ0n) is 19.3. The van der Waals surface area contributed by atoms with Gasteiger partial charge in [-0.05, 0) is 60.2 Å². The molecule has 0 radical (unpaired) electrons. The van der Waals surface area contributed by atoms with Gasteiger partial charge in [-0.2, -0.15) is 0 Å². The first-order chi connectivity index (χ1) is 17.9. The van der Waals surface area contributed by atoms with Crippen molar-refractivity contribution in [3.8, 4) is 5.75 Å². The largest absolute Gasteiger partial charge is 0.495 e. The van der Waals surface area contributed by atoms with Crippen LogP contribution in [0.25, 0.3) is 0 Å². The number of ether oxygens (including phenoxy) is 1. The monoisotopic (exact) mass is 615 g/mol. The van der Waals surface area contributed by atoms with E-state index in [1.165, 1.54) is 43.5 Å². The highest BCUT2D eigenvalue weighted by atomic mass is 35.5. The molecule has 2 atom stereocenters. The van der Waals surface area contributed by atoms with Crippen LogP contribution in [0.2, 0.25) is 15.1 Å². The van der Waals surface area contributed by atoms with Crippen LogP contribution in [0.1, 0.15) is 21.8 Å². The molecule has 198 valence electrons. The maximum Gasteiger partial charge on any atom is 0.409 e. The van der Waals surface area contributed by atoms with Gasteiger partial charge in [0.15, 0.2) is 0 Å². The number of alkyl halides is 2. The Morgan fingerprint density at radius 3 is 2.13 bits per heavy atom. The number of halogens is 5.